The number of likely N-dealkylation sites (tertiary alicyclic amines) is 1. The molecule has 0 aliphatic carbocycles. The summed E-state index contributed by atoms with van der Waals surface area (Å²) >= 11 is 0. The van der Waals surface area contributed by atoms with Crippen molar-refractivity contribution in [1.29, 1.82) is 0 Å². The minimum absolute atomic E-state index is 0.0503. The molecule has 4 N–H and O–H groups in total. The van der Waals surface area contributed by atoms with Crippen LogP contribution in [-0.4, -0.2) is 64.4 Å². The molecule has 2 saturated heterocycles. The molecule has 8 nitrogen and oxygen atoms in total. The van der Waals surface area contributed by atoms with Crippen LogP contribution in [0, 0.1) is 5.92 Å². The fourth-order valence-corrected chi connectivity index (χ4v) is 6.38. The Balaban J connectivity index is 1.15. The van der Waals surface area contributed by atoms with Gasteiger partial charge in [-0.3, -0.25) is 14.7 Å². The zero-order chi connectivity index (χ0) is 27.5. The first-order valence-corrected chi connectivity index (χ1v) is 14.1. The lowest BCUT2D eigenvalue weighted by Gasteiger charge is -2.32. The van der Waals surface area contributed by atoms with Crippen molar-refractivity contribution in [2.45, 2.75) is 50.0 Å². The minimum atomic E-state index is -0.746. The average Bonchev–Trinajstić information content (AvgIpc) is 3.75. The van der Waals surface area contributed by atoms with E-state index in [4.69, 9.17) is 4.74 Å². The number of nitrogens with one attached hydrogen (secondary N) is 3. The van der Waals surface area contributed by atoms with Gasteiger partial charge in [-0.25, -0.2) is 0 Å². The summed E-state index contributed by atoms with van der Waals surface area (Å²) in [7, 11) is 1.67. The van der Waals surface area contributed by atoms with Gasteiger partial charge in [0.1, 0.15) is 12.0 Å². The summed E-state index contributed by atoms with van der Waals surface area (Å²) in [6, 6.07) is 22.1. The maximum atomic E-state index is 13.6. The number of aromatic nitrogens is 2. The van der Waals surface area contributed by atoms with Crippen molar-refractivity contribution in [3.8, 4) is 5.75 Å². The van der Waals surface area contributed by atoms with Crippen LogP contribution < -0.4 is 15.4 Å². The van der Waals surface area contributed by atoms with Gasteiger partial charge in [-0.15, -0.1) is 0 Å². The molecule has 5 unspecified atom stereocenters. The number of nitrogens with zero attached hydrogens (tertiary/aromatic N) is 2. The second-order valence-corrected chi connectivity index (χ2v) is 11.1. The van der Waals surface area contributed by atoms with Crippen molar-refractivity contribution in [1.82, 2.24) is 25.5 Å². The number of benzene rings is 2. The number of aliphatic hydroxyl groups is 1. The van der Waals surface area contributed by atoms with Gasteiger partial charge < -0.3 is 25.5 Å². The third kappa shape index (κ3) is 5.75. The Morgan fingerprint density at radius 3 is 2.75 bits per heavy atom. The van der Waals surface area contributed by atoms with E-state index in [0.717, 1.165) is 41.7 Å². The normalized spacial score (nSPS) is 23.9. The highest BCUT2D eigenvalue weighted by Crippen LogP contribution is 2.33. The molecular weight excluding hydrogens is 502 g/mol. The van der Waals surface area contributed by atoms with Crippen LogP contribution in [0.3, 0.4) is 0 Å². The second kappa shape index (κ2) is 11.8. The Morgan fingerprint density at radius 2 is 1.98 bits per heavy atom. The standard InChI is InChI=1S/C32H37N5O3/c1-40-27-9-7-21(8-10-27)13-22-14-30(31(38)35-18-26-15-24-11-12-33-19-29(24)36-26)37(20-22)32(39)28-16-25(17-34-28)23-5-3-2-4-6-23/h2-12,15,19,22,25,28,30,32,34,36,39H,13-14,16-18,20H2,1H3,(H,35,38). The number of hydrogen-bond acceptors (Lipinski definition) is 6. The Hall–Kier alpha value is -3.72. The smallest absolute Gasteiger partial charge is 0.237 e. The first-order valence-electron chi connectivity index (χ1n) is 14.1. The molecular formula is C32H37N5O3. The predicted octanol–water partition coefficient (Wildman–Crippen LogP) is 3.59. The zero-order valence-electron chi connectivity index (χ0n) is 22.8. The molecule has 5 atom stereocenters. The third-order valence-electron chi connectivity index (χ3n) is 8.48. The fraction of sp³-hybridized carbons (Fsp3) is 0.375. The Morgan fingerprint density at radius 1 is 1.15 bits per heavy atom. The molecule has 1 amide bonds. The van der Waals surface area contributed by atoms with E-state index >= 15 is 0 Å². The number of methoxy groups -OCH3 is 1. The van der Waals surface area contributed by atoms with E-state index in [-0.39, 0.29) is 17.9 Å². The van der Waals surface area contributed by atoms with Gasteiger partial charge in [0.15, 0.2) is 0 Å². The third-order valence-corrected chi connectivity index (χ3v) is 8.48. The lowest BCUT2D eigenvalue weighted by atomic mass is 9.95. The number of carbonyl (C=O) groups is 1. The highest BCUT2D eigenvalue weighted by atomic mass is 16.5. The number of amides is 1. The van der Waals surface area contributed by atoms with Crippen LogP contribution in [0.5, 0.6) is 5.75 Å². The predicted molar refractivity (Wildman–Crippen MR) is 155 cm³/mol. The number of rotatable bonds is 9. The molecule has 2 aromatic carbocycles. The van der Waals surface area contributed by atoms with Crippen LogP contribution in [-0.2, 0) is 17.8 Å². The molecule has 2 fully saturated rings. The molecule has 0 bridgehead atoms. The van der Waals surface area contributed by atoms with Gasteiger partial charge in [0, 0.05) is 36.4 Å². The number of aromatic amines is 1. The van der Waals surface area contributed by atoms with Gasteiger partial charge >= 0.3 is 0 Å². The summed E-state index contributed by atoms with van der Waals surface area (Å²) in [5.74, 6) is 1.38. The number of aliphatic hydroxyl groups excluding tert-OH is 1. The van der Waals surface area contributed by atoms with E-state index < -0.39 is 12.3 Å². The van der Waals surface area contributed by atoms with Crippen LogP contribution in [0.1, 0.15) is 35.6 Å². The molecule has 208 valence electrons. The Kier molecular flexibility index (Phi) is 7.82. The summed E-state index contributed by atoms with van der Waals surface area (Å²) in [5, 5.41) is 19.4. The maximum absolute atomic E-state index is 13.6. The molecule has 0 saturated carbocycles. The van der Waals surface area contributed by atoms with E-state index in [9.17, 15) is 9.90 Å². The monoisotopic (exact) mass is 539 g/mol. The molecule has 6 rings (SSSR count). The van der Waals surface area contributed by atoms with Gasteiger partial charge in [0.25, 0.3) is 0 Å². The first kappa shape index (κ1) is 26.5. The zero-order valence-corrected chi connectivity index (χ0v) is 22.8. The van der Waals surface area contributed by atoms with Crippen molar-refractivity contribution in [3.63, 3.8) is 0 Å². The summed E-state index contributed by atoms with van der Waals surface area (Å²) in [6.45, 7) is 1.88. The lowest BCUT2D eigenvalue weighted by Crippen LogP contribution is -2.53. The van der Waals surface area contributed by atoms with E-state index in [1.807, 2.05) is 35.2 Å². The van der Waals surface area contributed by atoms with Gasteiger partial charge in [-0.1, -0.05) is 42.5 Å². The molecule has 4 aromatic rings. The lowest BCUT2D eigenvalue weighted by molar-refractivity contribution is -0.130. The topological polar surface area (TPSA) is 103 Å². The second-order valence-electron chi connectivity index (χ2n) is 11.1. The number of ether oxygens (including phenoxy) is 1. The molecule has 2 aliphatic rings. The highest BCUT2D eigenvalue weighted by Gasteiger charge is 2.43. The van der Waals surface area contributed by atoms with Crippen LogP contribution in [0.2, 0.25) is 0 Å². The van der Waals surface area contributed by atoms with Crippen LogP contribution in [0.25, 0.3) is 10.9 Å². The maximum Gasteiger partial charge on any atom is 0.237 e. The van der Waals surface area contributed by atoms with Crippen molar-refractivity contribution in [3.05, 3.63) is 95.9 Å². The first-order chi connectivity index (χ1) is 19.6. The van der Waals surface area contributed by atoms with E-state index in [2.05, 4.69) is 57.0 Å². The number of pyridine rings is 1. The number of H-pyrrole nitrogens is 1. The van der Waals surface area contributed by atoms with Crippen molar-refractivity contribution in [2.24, 2.45) is 5.92 Å². The minimum Gasteiger partial charge on any atom is -0.497 e. The summed E-state index contributed by atoms with van der Waals surface area (Å²) < 4.78 is 5.31. The summed E-state index contributed by atoms with van der Waals surface area (Å²) in [5.41, 5.74) is 4.37. The van der Waals surface area contributed by atoms with Crippen LogP contribution in [0.15, 0.2) is 79.1 Å². The van der Waals surface area contributed by atoms with E-state index in [1.165, 1.54) is 11.1 Å². The van der Waals surface area contributed by atoms with Crippen molar-refractivity contribution in [2.75, 3.05) is 20.2 Å². The average molecular weight is 540 g/mol. The quantitative estimate of drug-likeness (QED) is 0.259. The molecule has 2 aromatic heterocycles. The van der Waals surface area contributed by atoms with Crippen LogP contribution >= 0.6 is 0 Å². The van der Waals surface area contributed by atoms with E-state index in [1.54, 1.807) is 19.5 Å². The van der Waals surface area contributed by atoms with Crippen LogP contribution in [0.4, 0.5) is 0 Å². The van der Waals surface area contributed by atoms with Crippen molar-refractivity contribution >= 4 is 16.8 Å². The number of fused-ring (bicyclic) bond motifs is 1. The fourth-order valence-electron chi connectivity index (χ4n) is 6.38. The molecule has 0 radical (unpaired) electrons. The van der Waals surface area contributed by atoms with Crippen molar-refractivity contribution < 1.29 is 14.6 Å². The van der Waals surface area contributed by atoms with Gasteiger partial charge in [0.05, 0.1) is 31.4 Å². The number of hydrogen-bond donors (Lipinski definition) is 4. The molecule has 40 heavy (non-hydrogen) atoms. The Bertz CT molecular complexity index is 1390. The highest BCUT2D eigenvalue weighted by molar-refractivity contribution is 5.83. The van der Waals surface area contributed by atoms with Gasteiger partial charge in [-0.05, 0) is 66.5 Å². The summed E-state index contributed by atoms with van der Waals surface area (Å²) in [4.78, 5) is 23.1. The van der Waals surface area contributed by atoms with E-state index in [0.29, 0.717) is 25.4 Å². The molecule has 4 heterocycles. The largest absolute Gasteiger partial charge is 0.497 e. The SMILES string of the molecule is COc1ccc(CC2CC(C(=O)NCc3cc4ccncc4[nH]3)N(C(O)C3CC(c4ccccc4)CN3)C2)cc1. The van der Waals surface area contributed by atoms with Gasteiger partial charge in [-0.2, -0.15) is 0 Å². The molecule has 2 aliphatic heterocycles. The van der Waals surface area contributed by atoms with Gasteiger partial charge in [0.2, 0.25) is 5.91 Å². The summed E-state index contributed by atoms with van der Waals surface area (Å²) in [6.07, 6.45) is 5.18. The molecule has 0 spiro atoms. The number of carbonyl (C=O) groups excluding carboxylic acids is 1. The molecule has 8 heteroatoms. The Labute approximate surface area is 234 Å².